The van der Waals surface area contributed by atoms with Gasteiger partial charge in [0.1, 0.15) is 17.6 Å². The molecule has 0 saturated carbocycles. The third-order valence-electron chi connectivity index (χ3n) is 5.02. The Morgan fingerprint density at radius 3 is 2.41 bits per heavy atom. The van der Waals surface area contributed by atoms with Crippen molar-refractivity contribution in [2.45, 2.75) is 45.5 Å². The van der Waals surface area contributed by atoms with E-state index in [1.165, 1.54) is 17.8 Å². The highest BCUT2D eigenvalue weighted by atomic mass is 32.2. The molecule has 2 aromatic carbocycles. The Morgan fingerprint density at radius 1 is 1.12 bits per heavy atom. The monoisotopic (exact) mass is 460 g/mol. The van der Waals surface area contributed by atoms with Crippen LogP contribution in [0.5, 0.6) is 5.75 Å². The van der Waals surface area contributed by atoms with Gasteiger partial charge in [0.15, 0.2) is 0 Å². The van der Waals surface area contributed by atoms with Gasteiger partial charge in [0, 0.05) is 18.8 Å². The van der Waals surface area contributed by atoms with Crippen LogP contribution in [0.3, 0.4) is 0 Å². The fourth-order valence-corrected chi connectivity index (χ4v) is 4.11. The van der Waals surface area contributed by atoms with Crippen molar-refractivity contribution in [1.29, 1.82) is 0 Å². The van der Waals surface area contributed by atoms with Crippen molar-refractivity contribution in [3.05, 3.63) is 65.5 Å². The zero-order valence-corrected chi connectivity index (χ0v) is 20.1. The van der Waals surface area contributed by atoms with E-state index in [-0.39, 0.29) is 23.4 Å². The number of nitrogens with one attached hydrogen (secondary N) is 1. The Labute approximate surface area is 194 Å². The summed E-state index contributed by atoms with van der Waals surface area (Å²) in [5.41, 5.74) is 1.47. The second kappa shape index (κ2) is 13.1. The second-order valence-electron chi connectivity index (χ2n) is 8.02. The van der Waals surface area contributed by atoms with Gasteiger partial charge in [0.05, 0.1) is 12.9 Å². The van der Waals surface area contributed by atoms with Gasteiger partial charge in [-0.1, -0.05) is 51.1 Å². The number of benzene rings is 2. The normalized spacial score (nSPS) is 11.8. The van der Waals surface area contributed by atoms with Crippen LogP contribution in [-0.2, 0) is 21.9 Å². The van der Waals surface area contributed by atoms with E-state index in [9.17, 15) is 14.0 Å². The third-order valence-corrected chi connectivity index (χ3v) is 5.99. The molecule has 5 nitrogen and oxygen atoms in total. The molecule has 0 bridgehead atoms. The van der Waals surface area contributed by atoms with Crippen molar-refractivity contribution >= 4 is 23.6 Å². The number of rotatable bonds is 12. The molecular formula is C25H33FN2O3S. The number of hydrogen-bond acceptors (Lipinski definition) is 4. The van der Waals surface area contributed by atoms with Crippen molar-refractivity contribution in [3.8, 4) is 5.75 Å². The standard InChI is InChI=1S/C25H33FN2O3S/c1-5-23(25(30)27-14-18(2)3)28(15-19-10-12-21(31-4)13-11-19)24(29)17-32-16-20-8-6-7-9-22(20)26/h6-13,18,23H,5,14-17H2,1-4H3,(H,27,30). The van der Waals surface area contributed by atoms with Crippen molar-refractivity contribution in [2.24, 2.45) is 5.92 Å². The molecule has 0 aliphatic carbocycles. The molecule has 0 radical (unpaired) electrons. The highest BCUT2D eigenvalue weighted by molar-refractivity contribution is 7.99. The van der Waals surface area contributed by atoms with E-state index in [1.54, 1.807) is 30.2 Å². The van der Waals surface area contributed by atoms with Crippen molar-refractivity contribution in [3.63, 3.8) is 0 Å². The molecule has 0 aliphatic heterocycles. The van der Waals surface area contributed by atoms with Crippen LogP contribution in [0.15, 0.2) is 48.5 Å². The summed E-state index contributed by atoms with van der Waals surface area (Å²) in [6, 6.07) is 13.5. The SMILES string of the molecule is CCC(C(=O)NCC(C)C)N(Cc1ccc(OC)cc1)C(=O)CSCc1ccccc1F. The quantitative estimate of drug-likeness (QED) is 0.501. The number of methoxy groups -OCH3 is 1. The fourth-order valence-electron chi connectivity index (χ4n) is 3.22. The van der Waals surface area contributed by atoms with Crippen LogP contribution in [0, 0.1) is 11.7 Å². The molecule has 174 valence electrons. The molecule has 0 fully saturated rings. The van der Waals surface area contributed by atoms with Gasteiger partial charge in [-0.05, 0) is 41.7 Å². The minimum absolute atomic E-state index is 0.145. The van der Waals surface area contributed by atoms with Gasteiger partial charge in [0.25, 0.3) is 0 Å². The van der Waals surface area contributed by atoms with Crippen LogP contribution in [0.1, 0.15) is 38.3 Å². The lowest BCUT2D eigenvalue weighted by Crippen LogP contribution is -2.50. The van der Waals surface area contributed by atoms with E-state index in [1.807, 2.05) is 45.0 Å². The first-order chi connectivity index (χ1) is 15.3. The topological polar surface area (TPSA) is 58.6 Å². The smallest absolute Gasteiger partial charge is 0.242 e. The predicted molar refractivity (Wildman–Crippen MR) is 128 cm³/mol. The van der Waals surface area contributed by atoms with Crippen LogP contribution < -0.4 is 10.1 Å². The maximum absolute atomic E-state index is 13.9. The largest absolute Gasteiger partial charge is 0.497 e. The maximum Gasteiger partial charge on any atom is 0.242 e. The van der Waals surface area contributed by atoms with Gasteiger partial charge in [-0.2, -0.15) is 0 Å². The van der Waals surface area contributed by atoms with E-state index < -0.39 is 6.04 Å². The van der Waals surface area contributed by atoms with Crippen molar-refractivity contribution in [2.75, 3.05) is 19.4 Å². The van der Waals surface area contributed by atoms with Gasteiger partial charge in [0.2, 0.25) is 11.8 Å². The Balaban J connectivity index is 2.13. The minimum atomic E-state index is -0.572. The maximum atomic E-state index is 13.9. The van der Waals surface area contributed by atoms with Crippen LogP contribution in [0.2, 0.25) is 0 Å². The Hall–Kier alpha value is -2.54. The number of amides is 2. The zero-order valence-electron chi connectivity index (χ0n) is 19.3. The molecule has 2 aromatic rings. The minimum Gasteiger partial charge on any atom is -0.497 e. The molecule has 7 heteroatoms. The first-order valence-electron chi connectivity index (χ1n) is 10.9. The Bertz CT molecular complexity index is 874. The molecule has 0 spiro atoms. The predicted octanol–water partition coefficient (Wildman–Crippen LogP) is 4.65. The van der Waals surface area contributed by atoms with E-state index in [0.717, 1.165) is 11.3 Å². The molecule has 1 N–H and O–H groups in total. The summed E-state index contributed by atoms with van der Waals surface area (Å²) in [5.74, 6) is 1.04. The molecule has 2 amide bonds. The summed E-state index contributed by atoms with van der Waals surface area (Å²) in [6.45, 7) is 6.83. The number of ether oxygens (including phenoxy) is 1. The molecule has 1 unspecified atom stereocenters. The molecule has 0 saturated heterocycles. The average molecular weight is 461 g/mol. The van der Waals surface area contributed by atoms with Gasteiger partial charge < -0.3 is 15.0 Å². The number of hydrogen-bond donors (Lipinski definition) is 1. The third kappa shape index (κ3) is 7.86. The average Bonchev–Trinajstić information content (AvgIpc) is 2.79. The molecule has 2 rings (SSSR count). The summed E-state index contributed by atoms with van der Waals surface area (Å²) in [7, 11) is 1.60. The van der Waals surface area contributed by atoms with Crippen LogP contribution in [0.25, 0.3) is 0 Å². The number of thioether (sulfide) groups is 1. The van der Waals surface area contributed by atoms with Gasteiger partial charge >= 0.3 is 0 Å². The van der Waals surface area contributed by atoms with E-state index >= 15 is 0 Å². The summed E-state index contributed by atoms with van der Waals surface area (Å²) >= 11 is 1.35. The first kappa shape index (κ1) is 25.7. The van der Waals surface area contributed by atoms with E-state index in [2.05, 4.69) is 5.32 Å². The molecular weight excluding hydrogens is 427 g/mol. The molecule has 0 heterocycles. The molecule has 32 heavy (non-hydrogen) atoms. The molecule has 0 aliphatic rings. The van der Waals surface area contributed by atoms with Crippen LogP contribution in [-0.4, -0.2) is 42.2 Å². The fraction of sp³-hybridized carbons (Fsp3) is 0.440. The number of carbonyl (C=O) groups excluding carboxylic acids is 2. The highest BCUT2D eigenvalue weighted by Gasteiger charge is 2.28. The lowest BCUT2D eigenvalue weighted by Gasteiger charge is -2.31. The number of nitrogens with zero attached hydrogens (tertiary/aromatic N) is 1. The summed E-state index contributed by atoms with van der Waals surface area (Å²) < 4.78 is 19.1. The first-order valence-corrected chi connectivity index (χ1v) is 12.0. The van der Waals surface area contributed by atoms with Crippen LogP contribution in [0.4, 0.5) is 4.39 Å². The van der Waals surface area contributed by atoms with Gasteiger partial charge in [-0.25, -0.2) is 4.39 Å². The number of halogens is 1. The Morgan fingerprint density at radius 2 is 1.81 bits per heavy atom. The zero-order chi connectivity index (χ0) is 23.5. The van der Waals surface area contributed by atoms with Gasteiger partial charge in [-0.3, -0.25) is 9.59 Å². The van der Waals surface area contributed by atoms with Crippen molar-refractivity contribution < 1.29 is 18.7 Å². The summed E-state index contributed by atoms with van der Waals surface area (Å²) in [6.07, 6.45) is 0.504. The lowest BCUT2D eigenvalue weighted by atomic mass is 10.1. The summed E-state index contributed by atoms with van der Waals surface area (Å²) in [4.78, 5) is 27.7. The van der Waals surface area contributed by atoms with Crippen molar-refractivity contribution in [1.82, 2.24) is 10.2 Å². The highest BCUT2D eigenvalue weighted by Crippen LogP contribution is 2.20. The Kier molecular flexibility index (Phi) is 10.5. The van der Waals surface area contributed by atoms with Gasteiger partial charge in [-0.15, -0.1) is 11.8 Å². The van der Waals surface area contributed by atoms with E-state index in [4.69, 9.17) is 4.74 Å². The van der Waals surface area contributed by atoms with Crippen LogP contribution >= 0.6 is 11.8 Å². The molecule has 1 atom stereocenters. The van der Waals surface area contributed by atoms with E-state index in [0.29, 0.717) is 36.7 Å². The molecule has 0 aromatic heterocycles. The summed E-state index contributed by atoms with van der Waals surface area (Å²) in [5, 5.41) is 2.95. The second-order valence-corrected chi connectivity index (χ2v) is 9.00. The number of carbonyl (C=O) groups is 2. The lowest BCUT2D eigenvalue weighted by molar-refractivity contribution is -0.139.